The van der Waals surface area contributed by atoms with Gasteiger partial charge in [-0.05, 0) is 18.6 Å². The monoisotopic (exact) mass is 364 g/mol. The number of hydrogen-bond donors (Lipinski definition) is 1. The second kappa shape index (κ2) is 6.64. The minimum atomic E-state index is -0.103. The largest absolute Gasteiger partial charge is 0.335 e. The standard InChI is InChI=1S/C18H16N6OS/c1-12-7-8-15-20-14(9-16(25)23(15)10-12)11-26-18-22-21-17(24(18)19)13-5-3-2-4-6-13/h2-10H,11,19H2,1H3. The zero-order valence-corrected chi connectivity index (χ0v) is 14.8. The van der Waals surface area contributed by atoms with Crippen LogP contribution < -0.4 is 11.4 Å². The third-order valence-electron chi connectivity index (χ3n) is 3.91. The van der Waals surface area contributed by atoms with Crippen molar-refractivity contribution in [3.8, 4) is 11.4 Å². The van der Waals surface area contributed by atoms with Crippen molar-refractivity contribution < 1.29 is 0 Å². The van der Waals surface area contributed by atoms with Crippen LogP contribution in [0.5, 0.6) is 0 Å². The summed E-state index contributed by atoms with van der Waals surface area (Å²) in [5.41, 5.74) is 3.10. The molecule has 8 heteroatoms. The van der Waals surface area contributed by atoms with E-state index in [4.69, 9.17) is 5.84 Å². The number of pyridine rings is 1. The maximum atomic E-state index is 12.3. The van der Waals surface area contributed by atoms with Gasteiger partial charge in [0.25, 0.3) is 5.56 Å². The molecule has 0 saturated heterocycles. The Bertz CT molecular complexity index is 1140. The molecule has 0 aliphatic carbocycles. The van der Waals surface area contributed by atoms with Gasteiger partial charge in [0.05, 0.1) is 5.69 Å². The molecule has 0 atom stereocenters. The van der Waals surface area contributed by atoms with Crippen LogP contribution in [0.15, 0.2) is 64.7 Å². The Morgan fingerprint density at radius 1 is 1.12 bits per heavy atom. The predicted molar refractivity (Wildman–Crippen MR) is 101 cm³/mol. The Hall–Kier alpha value is -3.13. The second-order valence-electron chi connectivity index (χ2n) is 5.85. The van der Waals surface area contributed by atoms with E-state index in [0.29, 0.717) is 28.1 Å². The van der Waals surface area contributed by atoms with Gasteiger partial charge in [-0.1, -0.05) is 48.2 Å². The van der Waals surface area contributed by atoms with E-state index in [2.05, 4.69) is 15.2 Å². The van der Waals surface area contributed by atoms with Crippen LogP contribution in [0.25, 0.3) is 17.0 Å². The van der Waals surface area contributed by atoms with Crippen molar-refractivity contribution in [3.05, 3.63) is 76.3 Å². The average Bonchev–Trinajstić information content (AvgIpc) is 3.02. The van der Waals surface area contributed by atoms with E-state index >= 15 is 0 Å². The summed E-state index contributed by atoms with van der Waals surface area (Å²) in [6.07, 6.45) is 1.78. The molecule has 3 aromatic heterocycles. The minimum absolute atomic E-state index is 0.103. The maximum absolute atomic E-state index is 12.3. The van der Waals surface area contributed by atoms with Gasteiger partial charge in [-0.2, -0.15) is 0 Å². The van der Waals surface area contributed by atoms with Crippen LogP contribution in [0.3, 0.4) is 0 Å². The molecule has 4 rings (SSSR count). The number of benzene rings is 1. The molecule has 26 heavy (non-hydrogen) atoms. The lowest BCUT2D eigenvalue weighted by Gasteiger charge is -2.05. The van der Waals surface area contributed by atoms with E-state index in [-0.39, 0.29) is 5.56 Å². The van der Waals surface area contributed by atoms with E-state index in [1.165, 1.54) is 22.5 Å². The molecule has 7 nitrogen and oxygen atoms in total. The molecule has 0 radical (unpaired) electrons. The molecule has 2 N–H and O–H groups in total. The van der Waals surface area contributed by atoms with Crippen molar-refractivity contribution >= 4 is 17.4 Å². The zero-order valence-electron chi connectivity index (χ0n) is 14.0. The minimum Gasteiger partial charge on any atom is -0.335 e. The lowest BCUT2D eigenvalue weighted by atomic mass is 10.2. The normalized spacial score (nSPS) is 11.1. The highest BCUT2D eigenvalue weighted by atomic mass is 32.2. The first-order chi connectivity index (χ1) is 12.6. The van der Waals surface area contributed by atoms with Gasteiger partial charge in [-0.3, -0.25) is 9.20 Å². The molecule has 0 amide bonds. The molecule has 3 heterocycles. The maximum Gasteiger partial charge on any atom is 0.258 e. The van der Waals surface area contributed by atoms with Crippen molar-refractivity contribution in [1.29, 1.82) is 0 Å². The van der Waals surface area contributed by atoms with Crippen LogP contribution in [0.2, 0.25) is 0 Å². The highest BCUT2D eigenvalue weighted by Gasteiger charge is 2.13. The van der Waals surface area contributed by atoms with Crippen LogP contribution in [-0.4, -0.2) is 24.3 Å². The Kier molecular flexibility index (Phi) is 4.18. The fraction of sp³-hybridized carbons (Fsp3) is 0.111. The number of nitrogen functional groups attached to an aromatic ring is 1. The Morgan fingerprint density at radius 3 is 2.73 bits per heavy atom. The molecule has 0 bridgehead atoms. The fourth-order valence-electron chi connectivity index (χ4n) is 2.63. The van der Waals surface area contributed by atoms with Gasteiger partial charge >= 0.3 is 0 Å². The van der Waals surface area contributed by atoms with Gasteiger partial charge in [0.15, 0.2) is 5.82 Å². The van der Waals surface area contributed by atoms with E-state index in [0.717, 1.165) is 11.1 Å². The lowest BCUT2D eigenvalue weighted by molar-refractivity contribution is 0.848. The summed E-state index contributed by atoms with van der Waals surface area (Å²) in [7, 11) is 0. The van der Waals surface area contributed by atoms with Gasteiger partial charge in [-0.15, -0.1) is 10.2 Å². The predicted octanol–water partition coefficient (Wildman–Crippen LogP) is 2.27. The summed E-state index contributed by atoms with van der Waals surface area (Å²) in [6, 6.07) is 14.9. The van der Waals surface area contributed by atoms with Gasteiger partial charge in [0.2, 0.25) is 5.16 Å². The number of nitrogens with two attached hydrogens (primary N) is 1. The van der Waals surface area contributed by atoms with Gasteiger partial charge in [-0.25, -0.2) is 9.66 Å². The number of rotatable bonds is 4. The fourth-order valence-corrected chi connectivity index (χ4v) is 3.38. The first kappa shape index (κ1) is 16.3. The number of nitrogens with zero attached hydrogens (tertiary/aromatic N) is 5. The summed E-state index contributed by atoms with van der Waals surface area (Å²) in [5.74, 6) is 7.19. The summed E-state index contributed by atoms with van der Waals surface area (Å²) in [6.45, 7) is 1.94. The Labute approximate surface area is 153 Å². The summed E-state index contributed by atoms with van der Waals surface area (Å²) >= 11 is 1.39. The highest BCUT2D eigenvalue weighted by Crippen LogP contribution is 2.23. The summed E-state index contributed by atoms with van der Waals surface area (Å²) < 4.78 is 3.00. The third kappa shape index (κ3) is 3.06. The molecule has 0 aliphatic rings. The van der Waals surface area contributed by atoms with Gasteiger partial charge < -0.3 is 5.84 Å². The molecular formula is C18H16N6OS. The highest BCUT2D eigenvalue weighted by molar-refractivity contribution is 7.98. The van der Waals surface area contributed by atoms with E-state index in [9.17, 15) is 4.79 Å². The van der Waals surface area contributed by atoms with Crippen molar-refractivity contribution in [2.45, 2.75) is 17.8 Å². The second-order valence-corrected chi connectivity index (χ2v) is 6.79. The van der Waals surface area contributed by atoms with Crippen LogP contribution in [-0.2, 0) is 5.75 Å². The summed E-state index contributed by atoms with van der Waals surface area (Å²) in [5, 5.41) is 8.86. The number of aryl methyl sites for hydroxylation is 1. The SMILES string of the molecule is Cc1ccc2nc(CSc3nnc(-c4ccccc4)n3N)cc(=O)n2c1. The number of thioether (sulfide) groups is 1. The lowest BCUT2D eigenvalue weighted by Crippen LogP contribution is -2.15. The summed E-state index contributed by atoms with van der Waals surface area (Å²) in [4.78, 5) is 16.8. The zero-order chi connectivity index (χ0) is 18.1. The van der Waals surface area contributed by atoms with Crippen molar-refractivity contribution in [2.24, 2.45) is 0 Å². The van der Waals surface area contributed by atoms with Crippen molar-refractivity contribution in [2.75, 3.05) is 5.84 Å². The van der Waals surface area contributed by atoms with Crippen LogP contribution >= 0.6 is 11.8 Å². The number of aromatic nitrogens is 5. The van der Waals surface area contributed by atoms with Gasteiger partial charge in [0.1, 0.15) is 5.65 Å². The topological polar surface area (TPSA) is 91.1 Å². The van der Waals surface area contributed by atoms with E-state index in [1.807, 2.05) is 49.4 Å². The molecule has 4 aromatic rings. The van der Waals surface area contributed by atoms with Crippen LogP contribution in [0, 0.1) is 6.92 Å². The third-order valence-corrected chi connectivity index (χ3v) is 4.88. The molecule has 0 spiro atoms. The quantitative estimate of drug-likeness (QED) is 0.441. The van der Waals surface area contributed by atoms with Crippen LogP contribution in [0.4, 0.5) is 0 Å². The van der Waals surface area contributed by atoms with Gasteiger partial charge in [0, 0.05) is 23.6 Å². The average molecular weight is 364 g/mol. The molecular weight excluding hydrogens is 348 g/mol. The van der Waals surface area contributed by atoms with E-state index < -0.39 is 0 Å². The van der Waals surface area contributed by atoms with Crippen LogP contribution in [0.1, 0.15) is 11.3 Å². The molecule has 0 fully saturated rings. The molecule has 0 aliphatic heterocycles. The number of hydrogen-bond acceptors (Lipinski definition) is 6. The molecule has 1 aromatic carbocycles. The molecule has 0 saturated carbocycles. The smallest absolute Gasteiger partial charge is 0.258 e. The van der Waals surface area contributed by atoms with E-state index in [1.54, 1.807) is 10.6 Å². The first-order valence-corrected chi connectivity index (χ1v) is 8.98. The van der Waals surface area contributed by atoms with Crippen molar-refractivity contribution in [3.63, 3.8) is 0 Å². The number of fused-ring (bicyclic) bond motifs is 1. The Morgan fingerprint density at radius 2 is 1.92 bits per heavy atom. The Balaban J connectivity index is 1.58. The molecule has 0 unspecified atom stereocenters. The first-order valence-electron chi connectivity index (χ1n) is 7.99. The molecule has 130 valence electrons. The van der Waals surface area contributed by atoms with Crippen molar-refractivity contribution in [1.82, 2.24) is 24.3 Å².